The van der Waals surface area contributed by atoms with Crippen molar-refractivity contribution in [3.05, 3.63) is 29.8 Å². The Morgan fingerprint density at radius 1 is 1.31 bits per heavy atom. The van der Waals surface area contributed by atoms with Crippen molar-refractivity contribution in [2.45, 2.75) is 20.0 Å². The largest absolute Gasteiger partial charge is 0.497 e. The van der Waals surface area contributed by atoms with E-state index in [1.807, 2.05) is 25.1 Å². The highest BCUT2D eigenvalue weighted by atomic mass is 16.5. The Kier molecular flexibility index (Phi) is 4.38. The molecule has 1 N–H and O–H groups in total. The molecule has 1 aromatic rings. The van der Waals surface area contributed by atoms with Crippen molar-refractivity contribution in [1.29, 1.82) is 0 Å². The summed E-state index contributed by atoms with van der Waals surface area (Å²) in [5.41, 5.74) is 1.94. The fourth-order valence-electron chi connectivity index (χ4n) is 1.58. The van der Waals surface area contributed by atoms with Gasteiger partial charge in [-0.1, -0.05) is 6.08 Å². The minimum atomic E-state index is -0.466. The molecule has 0 amide bonds. The molecule has 3 nitrogen and oxygen atoms in total. The van der Waals surface area contributed by atoms with E-state index in [1.54, 1.807) is 27.2 Å². The summed E-state index contributed by atoms with van der Waals surface area (Å²) in [4.78, 5) is 0. The molecule has 0 radical (unpaired) electrons. The van der Waals surface area contributed by atoms with Crippen LogP contribution in [0.25, 0.3) is 5.57 Å². The maximum Gasteiger partial charge on any atom is 0.130 e. The summed E-state index contributed by atoms with van der Waals surface area (Å²) >= 11 is 0. The van der Waals surface area contributed by atoms with Crippen LogP contribution in [0.3, 0.4) is 0 Å². The lowest BCUT2D eigenvalue weighted by molar-refractivity contribution is 0.244. The van der Waals surface area contributed by atoms with Gasteiger partial charge in [-0.05, 0) is 31.6 Å². The zero-order chi connectivity index (χ0) is 12.1. The standard InChI is InChI=1S/C13H18O3/c1-9(7-10(2)14)12-6-5-11(15-3)8-13(12)16-4/h5-8,10,14H,1-4H3/b9-7+. The Bertz CT molecular complexity index is 381. The second-order valence-corrected chi connectivity index (χ2v) is 3.66. The lowest BCUT2D eigenvalue weighted by Crippen LogP contribution is -1.96. The number of hydrogen-bond acceptors (Lipinski definition) is 3. The molecule has 1 aromatic carbocycles. The van der Waals surface area contributed by atoms with Crippen molar-refractivity contribution in [2.24, 2.45) is 0 Å². The first-order valence-corrected chi connectivity index (χ1v) is 5.17. The molecule has 0 aromatic heterocycles. The van der Waals surface area contributed by atoms with Crippen LogP contribution in [0.15, 0.2) is 24.3 Å². The fourth-order valence-corrected chi connectivity index (χ4v) is 1.58. The van der Waals surface area contributed by atoms with Crippen molar-refractivity contribution in [3.8, 4) is 11.5 Å². The smallest absolute Gasteiger partial charge is 0.130 e. The zero-order valence-electron chi connectivity index (χ0n) is 10.2. The third-order valence-electron chi connectivity index (χ3n) is 2.32. The highest BCUT2D eigenvalue weighted by molar-refractivity contribution is 5.70. The summed E-state index contributed by atoms with van der Waals surface area (Å²) in [6.07, 6.45) is 1.32. The number of aliphatic hydroxyl groups excluding tert-OH is 1. The van der Waals surface area contributed by atoms with Gasteiger partial charge in [0.05, 0.1) is 20.3 Å². The third kappa shape index (κ3) is 3.00. The summed E-state index contributed by atoms with van der Waals surface area (Å²) in [5.74, 6) is 1.50. The highest BCUT2D eigenvalue weighted by Gasteiger charge is 2.07. The molecule has 16 heavy (non-hydrogen) atoms. The van der Waals surface area contributed by atoms with Crippen LogP contribution in [0, 0.1) is 0 Å². The van der Waals surface area contributed by atoms with Crippen LogP contribution in [0.4, 0.5) is 0 Å². The van der Waals surface area contributed by atoms with Crippen LogP contribution in [-0.4, -0.2) is 25.4 Å². The second kappa shape index (κ2) is 5.56. The number of aliphatic hydroxyl groups is 1. The van der Waals surface area contributed by atoms with E-state index in [4.69, 9.17) is 9.47 Å². The number of methoxy groups -OCH3 is 2. The molecule has 1 rings (SSSR count). The van der Waals surface area contributed by atoms with Gasteiger partial charge in [0.2, 0.25) is 0 Å². The normalized spacial score (nSPS) is 13.4. The van der Waals surface area contributed by atoms with Crippen molar-refractivity contribution < 1.29 is 14.6 Å². The fraction of sp³-hybridized carbons (Fsp3) is 0.385. The number of rotatable bonds is 4. The predicted molar refractivity (Wildman–Crippen MR) is 64.9 cm³/mol. The number of ether oxygens (including phenoxy) is 2. The summed E-state index contributed by atoms with van der Waals surface area (Å²) in [6, 6.07) is 5.62. The van der Waals surface area contributed by atoms with Gasteiger partial charge in [0, 0.05) is 11.6 Å². The molecular formula is C13H18O3. The van der Waals surface area contributed by atoms with Gasteiger partial charge in [-0.25, -0.2) is 0 Å². The Morgan fingerprint density at radius 2 is 2.00 bits per heavy atom. The zero-order valence-corrected chi connectivity index (χ0v) is 10.2. The van der Waals surface area contributed by atoms with Crippen LogP contribution >= 0.6 is 0 Å². The number of allylic oxidation sites excluding steroid dienone is 1. The number of hydrogen-bond donors (Lipinski definition) is 1. The van der Waals surface area contributed by atoms with Crippen molar-refractivity contribution >= 4 is 5.57 Å². The van der Waals surface area contributed by atoms with Crippen LogP contribution in [0.2, 0.25) is 0 Å². The van der Waals surface area contributed by atoms with Gasteiger partial charge < -0.3 is 14.6 Å². The lowest BCUT2D eigenvalue weighted by Gasteiger charge is -2.11. The first-order valence-electron chi connectivity index (χ1n) is 5.17. The van der Waals surface area contributed by atoms with Crippen molar-refractivity contribution in [3.63, 3.8) is 0 Å². The van der Waals surface area contributed by atoms with E-state index in [0.717, 1.165) is 22.6 Å². The van der Waals surface area contributed by atoms with Gasteiger partial charge in [0.1, 0.15) is 11.5 Å². The molecule has 1 atom stereocenters. The molecular weight excluding hydrogens is 204 g/mol. The minimum Gasteiger partial charge on any atom is -0.497 e. The summed E-state index contributed by atoms with van der Waals surface area (Å²) in [7, 11) is 3.24. The van der Waals surface area contributed by atoms with E-state index >= 15 is 0 Å². The van der Waals surface area contributed by atoms with E-state index in [2.05, 4.69) is 0 Å². The molecule has 0 aliphatic rings. The molecule has 0 spiro atoms. The molecule has 0 aliphatic heterocycles. The van der Waals surface area contributed by atoms with Crippen LogP contribution in [0.1, 0.15) is 19.4 Å². The molecule has 0 bridgehead atoms. The Morgan fingerprint density at radius 3 is 2.50 bits per heavy atom. The van der Waals surface area contributed by atoms with Crippen LogP contribution in [-0.2, 0) is 0 Å². The Balaban J connectivity index is 3.13. The second-order valence-electron chi connectivity index (χ2n) is 3.66. The quantitative estimate of drug-likeness (QED) is 0.850. The highest BCUT2D eigenvalue weighted by Crippen LogP contribution is 2.29. The van der Waals surface area contributed by atoms with Crippen LogP contribution in [0.5, 0.6) is 11.5 Å². The SMILES string of the molecule is COc1ccc(/C(C)=C/C(C)O)c(OC)c1. The summed E-state index contributed by atoms with van der Waals surface area (Å²) in [5, 5.41) is 9.31. The first kappa shape index (κ1) is 12.6. The van der Waals surface area contributed by atoms with Gasteiger partial charge in [0.25, 0.3) is 0 Å². The topological polar surface area (TPSA) is 38.7 Å². The maximum absolute atomic E-state index is 9.31. The molecule has 0 saturated heterocycles. The van der Waals surface area contributed by atoms with Gasteiger partial charge in [-0.2, -0.15) is 0 Å². The van der Waals surface area contributed by atoms with Crippen LogP contribution < -0.4 is 9.47 Å². The van der Waals surface area contributed by atoms with Gasteiger partial charge in [-0.3, -0.25) is 0 Å². The minimum absolute atomic E-state index is 0.466. The molecule has 0 aliphatic carbocycles. The molecule has 3 heteroatoms. The molecule has 1 unspecified atom stereocenters. The maximum atomic E-state index is 9.31. The van der Waals surface area contributed by atoms with Crippen molar-refractivity contribution in [2.75, 3.05) is 14.2 Å². The average Bonchev–Trinajstić information content (AvgIpc) is 2.27. The monoisotopic (exact) mass is 222 g/mol. The Hall–Kier alpha value is -1.48. The van der Waals surface area contributed by atoms with E-state index in [-0.39, 0.29) is 0 Å². The van der Waals surface area contributed by atoms with E-state index in [1.165, 1.54) is 0 Å². The van der Waals surface area contributed by atoms with Gasteiger partial charge in [-0.15, -0.1) is 0 Å². The Labute approximate surface area is 96.3 Å². The van der Waals surface area contributed by atoms with E-state index in [9.17, 15) is 5.11 Å². The molecule has 0 heterocycles. The van der Waals surface area contributed by atoms with Crippen molar-refractivity contribution in [1.82, 2.24) is 0 Å². The third-order valence-corrected chi connectivity index (χ3v) is 2.32. The van der Waals surface area contributed by atoms with E-state index in [0.29, 0.717) is 0 Å². The lowest BCUT2D eigenvalue weighted by atomic mass is 10.0. The van der Waals surface area contributed by atoms with Gasteiger partial charge >= 0.3 is 0 Å². The summed E-state index contributed by atoms with van der Waals surface area (Å²) < 4.78 is 10.4. The van der Waals surface area contributed by atoms with E-state index < -0.39 is 6.10 Å². The average molecular weight is 222 g/mol. The first-order chi connectivity index (χ1) is 7.58. The number of benzene rings is 1. The van der Waals surface area contributed by atoms with Gasteiger partial charge in [0.15, 0.2) is 0 Å². The molecule has 0 saturated carbocycles. The molecule has 88 valence electrons. The molecule has 0 fully saturated rings. The summed E-state index contributed by atoms with van der Waals surface area (Å²) in [6.45, 7) is 3.66. The predicted octanol–water partition coefficient (Wildman–Crippen LogP) is 2.49.